The first kappa shape index (κ1) is 77.6. The lowest BCUT2D eigenvalue weighted by molar-refractivity contribution is -0.644. The van der Waals surface area contributed by atoms with Crippen LogP contribution in [0.5, 0.6) is 11.5 Å². The zero-order chi connectivity index (χ0) is 67.4. The zero-order valence-electron chi connectivity index (χ0n) is 52.5. The molecule has 3 aliphatic rings. The van der Waals surface area contributed by atoms with Gasteiger partial charge in [-0.3, -0.25) is 19.2 Å². The Kier molecular flexibility index (Phi) is 33.9. The molecule has 494 valence electrons. The van der Waals surface area contributed by atoms with E-state index in [0.717, 1.165) is 6.08 Å². The van der Waals surface area contributed by atoms with Crippen molar-refractivity contribution in [3.05, 3.63) is 131 Å². The van der Waals surface area contributed by atoms with Gasteiger partial charge in [-0.1, -0.05) is 89.0 Å². The van der Waals surface area contributed by atoms with Gasteiger partial charge in [-0.2, -0.15) is 0 Å². The van der Waals surface area contributed by atoms with Gasteiger partial charge in [0.15, 0.2) is 23.6 Å². The van der Waals surface area contributed by atoms with E-state index in [0.29, 0.717) is 53.8 Å². The SMILES string of the molecule is C=CCNC1=C2C[C@@H](C)C[C@H](OC)[C@H](O)[C@@H](C)/C=C(\C)[C@H](OC(N)=O)[C@@H](OC)/C=C\C=C(/C)C(=O)NC(=CC1=O)C2=O.C=CC[NH2+]c1c(O)cc2c(O)c1C[C@@H](C)C[C@H](OC)[C@H](O)[C@@H](C)/C=C(\C)[C@H](OC(N)=O)[C@@H](OC)/C=C\C=C(/C)C(=O)N2.O=[P+]([O-])O[O-].[HH]. The molecule has 1 unspecified atom stereocenters. The Bertz CT molecular complexity index is 2940. The number of phenolic OH excluding ortho intramolecular Hbond substituents is 2. The molecule has 13 atom stereocenters. The number of anilines is 1. The first-order chi connectivity index (χ1) is 41.9. The lowest BCUT2D eigenvalue weighted by Crippen LogP contribution is -2.78. The van der Waals surface area contributed by atoms with Gasteiger partial charge >= 0.3 is 20.4 Å². The van der Waals surface area contributed by atoms with Crippen molar-refractivity contribution in [2.75, 3.05) is 46.8 Å². The summed E-state index contributed by atoms with van der Waals surface area (Å²) < 4.78 is 44.5. The van der Waals surface area contributed by atoms with E-state index in [2.05, 4.69) is 33.8 Å². The topological polar surface area (TPSA) is 416 Å². The number of methoxy groups -OCH3 is 4. The fourth-order valence-corrected chi connectivity index (χ4v) is 10.0. The van der Waals surface area contributed by atoms with Crippen LogP contribution < -0.4 is 42.9 Å². The molecular formula is C62H91N6O20P. The molecule has 26 nitrogen and oxygen atoms in total. The van der Waals surface area contributed by atoms with Crippen LogP contribution in [-0.4, -0.2) is 146 Å². The van der Waals surface area contributed by atoms with Crippen molar-refractivity contribution < 1.29 is 104 Å². The molecule has 2 heterocycles. The minimum atomic E-state index is -3.15. The summed E-state index contributed by atoms with van der Waals surface area (Å²) in [6.07, 6.45) is 10.1. The second-order valence-electron chi connectivity index (χ2n) is 21.6. The fourth-order valence-electron chi connectivity index (χ4n) is 10.0. The monoisotopic (exact) mass is 1270 g/mol. The second kappa shape index (κ2) is 38.8. The highest BCUT2D eigenvalue weighted by Crippen LogP contribution is 2.41. The number of nitrogens with one attached hydrogen (secondary N) is 3. The number of quaternary nitrogens is 1. The minimum absolute atomic E-state index is 0. The van der Waals surface area contributed by atoms with Crippen molar-refractivity contribution in [1.29, 1.82) is 0 Å². The van der Waals surface area contributed by atoms with E-state index < -0.39 is 104 Å². The second-order valence-corrected chi connectivity index (χ2v) is 22.2. The molecule has 4 rings (SSSR count). The number of Topliss-reactive ketones (excluding diaryl/α,β-unsaturated/α-hetero) is 1. The third-order valence-corrected chi connectivity index (χ3v) is 14.8. The molecule has 0 fully saturated rings. The summed E-state index contributed by atoms with van der Waals surface area (Å²) in [5.41, 5.74) is 13.6. The summed E-state index contributed by atoms with van der Waals surface area (Å²) >= 11 is 0. The number of benzene rings is 1. The number of hydrogen-bond acceptors (Lipinski definition) is 21. The van der Waals surface area contributed by atoms with Crippen molar-refractivity contribution in [2.24, 2.45) is 35.1 Å². The van der Waals surface area contributed by atoms with Gasteiger partial charge in [0.1, 0.15) is 18.0 Å². The lowest BCUT2D eigenvalue weighted by Gasteiger charge is -2.30. The van der Waals surface area contributed by atoms with Crippen molar-refractivity contribution in [1.82, 2.24) is 10.6 Å². The number of aliphatic hydroxyl groups excluding tert-OH is 2. The fraction of sp³-hybridized carbons (Fsp3) is 0.484. The summed E-state index contributed by atoms with van der Waals surface area (Å²) in [6, 6.07) is 1.31. The third-order valence-electron chi connectivity index (χ3n) is 14.6. The van der Waals surface area contributed by atoms with Crippen molar-refractivity contribution in [3.8, 4) is 11.5 Å². The maximum Gasteiger partial charge on any atom is 0.479 e. The Morgan fingerprint density at radius 1 is 0.775 bits per heavy atom. The molecular weight excluding hydrogens is 1180 g/mol. The molecule has 27 heteroatoms. The van der Waals surface area contributed by atoms with Crippen LogP contribution >= 0.6 is 8.25 Å². The number of hydrogen-bond donors (Lipinski definition) is 10. The van der Waals surface area contributed by atoms with E-state index in [4.69, 9.17) is 54.6 Å². The van der Waals surface area contributed by atoms with Crippen LogP contribution in [0.3, 0.4) is 0 Å². The minimum Gasteiger partial charge on any atom is -0.674 e. The Morgan fingerprint density at radius 2 is 1.24 bits per heavy atom. The molecule has 89 heavy (non-hydrogen) atoms. The number of aromatic hydroxyl groups is 2. The first-order valence-corrected chi connectivity index (χ1v) is 29.5. The molecule has 0 saturated heterocycles. The number of aliphatic hydroxyl groups is 2. The maximum atomic E-state index is 13.5. The number of rotatable bonds is 13. The van der Waals surface area contributed by atoms with E-state index in [-0.39, 0.29) is 66.0 Å². The van der Waals surface area contributed by atoms with Crippen LogP contribution in [0.15, 0.2) is 125 Å². The van der Waals surface area contributed by atoms with Gasteiger partial charge in [-0.15, -0.1) is 6.58 Å². The highest BCUT2D eigenvalue weighted by atomic mass is 31.1. The summed E-state index contributed by atoms with van der Waals surface area (Å²) in [4.78, 5) is 84.9. The average Bonchev–Trinajstić information content (AvgIpc) is 1.06. The largest absolute Gasteiger partial charge is 0.674 e. The number of primary amides is 2. The predicted molar refractivity (Wildman–Crippen MR) is 329 cm³/mol. The van der Waals surface area contributed by atoms with Crippen LogP contribution in [0, 0.1) is 23.7 Å². The number of carbonyl (C=O) groups is 6. The number of allylic oxidation sites excluding steroid dienone is 6. The van der Waals surface area contributed by atoms with Gasteiger partial charge in [0.2, 0.25) is 11.6 Å². The molecule has 1 aliphatic carbocycles. The van der Waals surface area contributed by atoms with Gasteiger partial charge in [-0.25, -0.2) is 14.3 Å². The van der Waals surface area contributed by atoms with E-state index in [1.165, 1.54) is 46.7 Å². The zero-order valence-corrected chi connectivity index (χ0v) is 53.4. The summed E-state index contributed by atoms with van der Waals surface area (Å²) in [5, 5.41) is 63.1. The number of carbonyl (C=O) groups excluding carboxylic acids is 6. The summed E-state index contributed by atoms with van der Waals surface area (Å²) in [6.45, 7) is 22.2. The summed E-state index contributed by atoms with van der Waals surface area (Å²) in [7, 11) is 2.73. The molecule has 0 saturated carbocycles. The number of ether oxygens (including phenoxy) is 6. The predicted octanol–water partition coefficient (Wildman–Crippen LogP) is 4.02. The Morgan fingerprint density at radius 3 is 1.65 bits per heavy atom. The van der Waals surface area contributed by atoms with Crippen LogP contribution in [0.1, 0.15) is 81.6 Å². The van der Waals surface area contributed by atoms with E-state index in [9.17, 15) is 49.2 Å². The normalized spacial score (nSPS) is 29.4. The number of phenols is 2. The molecule has 13 N–H and O–H groups in total. The molecule has 0 radical (unpaired) electrons. The van der Waals surface area contributed by atoms with E-state index in [1.54, 1.807) is 88.5 Å². The highest BCUT2D eigenvalue weighted by molar-refractivity contribution is 7.30. The van der Waals surface area contributed by atoms with Crippen LogP contribution in [0.2, 0.25) is 0 Å². The van der Waals surface area contributed by atoms with Crippen molar-refractivity contribution >= 4 is 55.2 Å². The van der Waals surface area contributed by atoms with Crippen LogP contribution in [-0.2, 0) is 63.3 Å². The molecule has 4 amide bonds. The van der Waals surface area contributed by atoms with E-state index in [1.807, 2.05) is 20.8 Å². The number of ketones is 2. The van der Waals surface area contributed by atoms with E-state index >= 15 is 0 Å². The van der Waals surface area contributed by atoms with Crippen molar-refractivity contribution in [2.45, 2.75) is 130 Å². The Balaban J connectivity index is 0.000000827. The van der Waals surface area contributed by atoms with Crippen LogP contribution in [0.4, 0.5) is 21.0 Å². The molecule has 0 aromatic heterocycles. The molecule has 0 spiro atoms. The van der Waals surface area contributed by atoms with Crippen molar-refractivity contribution in [3.63, 3.8) is 0 Å². The number of fused-ring (bicyclic) bond motifs is 4. The van der Waals surface area contributed by atoms with Gasteiger partial charge < -0.3 is 91.7 Å². The number of nitrogens with two attached hydrogens (primary N) is 3. The Hall–Kier alpha value is -7.46. The molecule has 2 aliphatic heterocycles. The third kappa shape index (κ3) is 24.5. The maximum absolute atomic E-state index is 13.5. The highest BCUT2D eigenvalue weighted by Gasteiger charge is 2.35. The quantitative estimate of drug-likeness (QED) is 0.0195. The van der Waals surface area contributed by atoms with Gasteiger partial charge in [-0.05, 0) is 87.0 Å². The molecule has 4 bridgehead atoms. The average molecular weight is 1270 g/mol. The first-order valence-electron chi connectivity index (χ1n) is 28.4. The summed E-state index contributed by atoms with van der Waals surface area (Å²) in [5.74, 6) is -3.43. The molecule has 1 aromatic carbocycles. The van der Waals surface area contributed by atoms with Crippen LogP contribution in [0.25, 0.3) is 0 Å². The van der Waals surface area contributed by atoms with Gasteiger partial charge in [0.05, 0.1) is 53.6 Å². The van der Waals surface area contributed by atoms with Gasteiger partial charge in [0.25, 0.3) is 11.8 Å². The standard InChI is InChI=1S/C31H45N3O8.C31H43N3O8.HO4P.H2/c2*1-8-12-33-26-21-13-17(2)14-25(41-7)27(36)19(4)15-20(5)29(42-31(32)39)24(40-6)11-9-10-18(3)30(38)34-22(28(21)37)16-23(26)35;1-4-5(2)3;/h8-11,15-17,19,24-25,27,29,33,35-37H,1,12-14H2,2-7H3,(H2,32,39)(H,34,38);8-11,15-17,19,24-25,27,29,33,36H,1,12-14H2,2-7H3,(H2,32,39)(H,34,38);1H;1H/b2*11-9-,18-10+,20-15+;;/t2*17-,19+,24+,25+,27-,29+;;/m11../s1. The van der Waals surface area contributed by atoms with Gasteiger partial charge in [0, 0.05) is 77.1 Å². The Labute approximate surface area is 522 Å². The lowest BCUT2D eigenvalue weighted by atomic mass is 9.85. The smallest absolute Gasteiger partial charge is 0.479 e. The molecule has 1 aromatic rings. The number of amides is 4.